The van der Waals surface area contributed by atoms with Crippen molar-refractivity contribution in [2.45, 2.75) is 50.8 Å². The summed E-state index contributed by atoms with van der Waals surface area (Å²) in [6, 6.07) is 0. The summed E-state index contributed by atoms with van der Waals surface area (Å²) < 4.78 is 0. The maximum Gasteiger partial charge on any atom is 0.0789 e. The molecule has 1 aliphatic heterocycles. The minimum absolute atomic E-state index is 0.704. The molecule has 1 unspecified atom stereocenters. The SMILES string of the molecule is CCC1=CSC(C2CCCCC2)N1. The Hall–Kier alpha value is -0.110. The van der Waals surface area contributed by atoms with Crippen LogP contribution in [0.2, 0.25) is 0 Å². The minimum atomic E-state index is 0.704. The Balaban J connectivity index is 1.83. The van der Waals surface area contributed by atoms with E-state index in [0.29, 0.717) is 5.37 Å². The summed E-state index contributed by atoms with van der Waals surface area (Å²) in [5.41, 5.74) is 1.44. The number of rotatable bonds is 2. The van der Waals surface area contributed by atoms with Crippen molar-refractivity contribution in [1.82, 2.24) is 5.32 Å². The number of nitrogens with one attached hydrogen (secondary N) is 1. The van der Waals surface area contributed by atoms with Gasteiger partial charge in [-0.3, -0.25) is 0 Å². The Morgan fingerprint density at radius 3 is 2.77 bits per heavy atom. The topological polar surface area (TPSA) is 12.0 Å². The highest BCUT2D eigenvalue weighted by Crippen LogP contribution is 2.35. The normalized spacial score (nSPS) is 29.9. The van der Waals surface area contributed by atoms with Crippen LogP contribution < -0.4 is 5.32 Å². The molecule has 1 nitrogen and oxygen atoms in total. The van der Waals surface area contributed by atoms with Gasteiger partial charge in [-0.1, -0.05) is 26.2 Å². The third kappa shape index (κ3) is 2.22. The van der Waals surface area contributed by atoms with Gasteiger partial charge in [0.25, 0.3) is 0 Å². The predicted molar refractivity (Wildman–Crippen MR) is 59.5 cm³/mol. The fraction of sp³-hybridized carbons (Fsp3) is 0.818. The van der Waals surface area contributed by atoms with Crippen LogP contribution in [0.3, 0.4) is 0 Å². The van der Waals surface area contributed by atoms with Crippen LogP contribution in [-0.4, -0.2) is 5.37 Å². The van der Waals surface area contributed by atoms with Gasteiger partial charge in [0.2, 0.25) is 0 Å². The molecule has 74 valence electrons. The van der Waals surface area contributed by atoms with E-state index in [9.17, 15) is 0 Å². The largest absolute Gasteiger partial charge is 0.376 e. The molecule has 0 aromatic rings. The van der Waals surface area contributed by atoms with Gasteiger partial charge >= 0.3 is 0 Å². The lowest BCUT2D eigenvalue weighted by Gasteiger charge is -2.27. The molecule has 2 rings (SSSR count). The van der Waals surface area contributed by atoms with E-state index in [4.69, 9.17) is 0 Å². The van der Waals surface area contributed by atoms with E-state index in [-0.39, 0.29) is 0 Å². The van der Waals surface area contributed by atoms with Gasteiger partial charge in [-0.25, -0.2) is 0 Å². The highest BCUT2D eigenvalue weighted by molar-refractivity contribution is 8.02. The molecule has 0 aromatic carbocycles. The molecule has 1 heterocycles. The molecule has 1 N–H and O–H groups in total. The molecule has 1 aliphatic carbocycles. The van der Waals surface area contributed by atoms with Crippen LogP contribution in [0.15, 0.2) is 11.1 Å². The molecule has 1 saturated carbocycles. The molecule has 0 amide bonds. The zero-order chi connectivity index (χ0) is 9.10. The summed E-state index contributed by atoms with van der Waals surface area (Å²) in [5.74, 6) is 0.930. The second kappa shape index (κ2) is 4.41. The van der Waals surface area contributed by atoms with E-state index in [0.717, 1.165) is 12.3 Å². The van der Waals surface area contributed by atoms with Crippen molar-refractivity contribution in [3.63, 3.8) is 0 Å². The standard InChI is InChI=1S/C11H19NS/c1-2-10-8-13-11(12-10)9-6-4-3-5-7-9/h8-9,11-12H,2-7H2,1H3. The molecule has 13 heavy (non-hydrogen) atoms. The molecule has 0 spiro atoms. The average Bonchev–Trinajstić information content (AvgIpc) is 2.67. The lowest BCUT2D eigenvalue weighted by Crippen LogP contribution is -2.30. The van der Waals surface area contributed by atoms with Crippen molar-refractivity contribution in [3.05, 3.63) is 11.1 Å². The van der Waals surface area contributed by atoms with E-state index in [2.05, 4.69) is 17.6 Å². The zero-order valence-electron chi connectivity index (χ0n) is 8.38. The van der Waals surface area contributed by atoms with Gasteiger partial charge in [0, 0.05) is 5.70 Å². The quantitative estimate of drug-likeness (QED) is 0.727. The summed E-state index contributed by atoms with van der Waals surface area (Å²) in [6.45, 7) is 2.22. The first kappa shape index (κ1) is 9.45. The maximum absolute atomic E-state index is 3.63. The Kier molecular flexibility index (Phi) is 3.20. The van der Waals surface area contributed by atoms with Crippen LogP contribution in [0.4, 0.5) is 0 Å². The second-order valence-electron chi connectivity index (χ2n) is 4.10. The van der Waals surface area contributed by atoms with Gasteiger partial charge in [-0.15, -0.1) is 11.8 Å². The second-order valence-corrected chi connectivity index (χ2v) is 5.11. The predicted octanol–water partition coefficient (Wildman–Crippen LogP) is 3.48. The summed E-state index contributed by atoms with van der Waals surface area (Å²) in [5, 5.41) is 6.66. The zero-order valence-corrected chi connectivity index (χ0v) is 9.20. The molecular weight excluding hydrogens is 178 g/mol. The Morgan fingerprint density at radius 1 is 1.38 bits per heavy atom. The Bertz CT molecular complexity index is 194. The monoisotopic (exact) mass is 197 g/mol. The first-order valence-corrected chi connectivity index (χ1v) is 6.45. The molecule has 2 heteroatoms. The molecule has 0 radical (unpaired) electrons. The molecule has 0 saturated heterocycles. The minimum Gasteiger partial charge on any atom is -0.376 e. The van der Waals surface area contributed by atoms with Crippen LogP contribution in [0, 0.1) is 5.92 Å². The smallest absolute Gasteiger partial charge is 0.0789 e. The van der Waals surface area contributed by atoms with Gasteiger partial charge in [0.15, 0.2) is 0 Å². The third-order valence-electron chi connectivity index (χ3n) is 3.14. The van der Waals surface area contributed by atoms with Crippen LogP contribution in [0.25, 0.3) is 0 Å². The van der Waals surface area contributed by atoms with E-state index in [1.54, 1.807) is 0 Å². The van der Waals surface area contributed by atoms with Crippen LogP contribution in [0.5, 0.6) is 0 Å². The average molecular weight is 197 g/mol. The molecular formula is C11H19NS. The summed E-state index contributed by atoms with van der Waals surface area (Å²) in [4.78, 5) is 0. The summed E-state index contributed by atoms with van der Waals surface area (Å²) in [7, 11) is 0. The number of hydrogen-bond donors (Lipinski definition) is 1. The molecule has 0 bridgehead atoms. The van der Waals surface area contributed by atoms with Gasteiger partial charge in [-0.05, 0) is 30.6 Å². The number of thioether (sulfide) groups is 1. The Morgan fingerprint density at radius 2 is 2.15 bits per heavy atom. The van der Waals surface area contributed by atoms with Crippen LogP contribution >= 0.6 is 11.8 Å². The van der Waals surface area contributed by atoms with Crippen LogP contribution in [0.1, 0.15) is 45.4 Å². The van der Waals surface area contributed by atoms with Gasteiger partial charge < -0.3 is 5.32 Å². The Labute approximate surface area is 85.4 Å². The summed E-state index contributed by atoms with van der Waals surface area (Å²) in [6.07, 6.45) is 8.40. The van der Waals surface area contributed by atoms with Gasteiger partial charge in [0.05, 0.1) is 5.37 Å². The lowest BCUT2D eigenvalue weighted by atomic mass is 9.89. The summed E-state index contributed by atoms with van der Waals surface area (Å²) >= 11 is 2.01. The van der Waals surface area contributed by atoms with Crippen molar-refractivity contribution in [3.8, 4) is 0 Å². The highest BCUT2D eigenvalue weighted by atomic mass is 32.2. The third-order valence-corrected chi connectivity index (χ3v) is 4.36. The highest BCUT2D eigenvalue weighted by Gasteiger charge is 2.26. The first-order chi connectivity index (χ1) is 6.40. The van der Waals surface area contributed by atoms with Gasteiger partial charge in [0.1, 0.15) is 0 Å². The fourth-order valence-electron chi connectivity index (χ4n) is 2.26. The van der Waals surface area contributed by atoms with Crippen molar-refractivity contribution >= 4 is 11.8 Å². The van der Waals surface area contributed by atoms with E-state index < -0.39 is 0 Å². The van der Waals surface area contributed by atoms with E-state index in [1.807, 2.05) is 11.8 Å². The fourth-order valence-corrected chi connectivity index (χ4v) is 3.52. The lowest BCUT2D eigenvalue weighted by molar-refractivity contribution is 0.335. The number of hydrogen-bond acceptors (Lipinski definition) is 2. The maximum atomic E-state index is 3.63. The first-order valence-electron chi connectivity index (χ1n) is 5.51. The molecule has 2 aliphatic rings. The van der Waals surface area contributed by atoms with Crippen molar-refractivity contribution in [2.24, 2.45) is 5.92 Å². The molecule has 1 atom stereocenters. The van der Waals surface area contributed by atoms with Crippen molar-refractivity contribution < 1.29 is 0 Å². The van der Waals surface area contributed by atoms with Gasteiger partial charge in [-0.2, -0.15) is 0 Å². The number of allylic oxidation sites excluding steroid dienone is 1. The van der Waals surface area contributed by atoms with Crippen LogP contribution in [-0.2, 0) is 0 Å². The molecule has 0 aromatic heterocycles. The van der Waals surface area contributed by atoms with Crippen molar-refractivity contribution in [1.29, 1.82) is 0 Å². The van der Waals surface area contributed by atoms with E-state index in [1.165, 1.54) is 37.8 Å². The molecule has 1 fully saturated rings. The van der Waals surface area contributed by atoms with E-state index >= 15 is 0 Å². The van der Waals surface area contributed by atoms with Crippen molar-refractivity contribution in [2.75, 3.05) is 0 Å².